The van der Waals surface area contributed by atoms with Gasteiger partial charge in [0.1, 0.15) is 5.82 Å². The molecular formula is C19H33IN6O2. The lowest BCUT2D eigenvalue weighted by Crippen LogP contribution is -2.44. The van der Waals surface area contributed by atoms with Crippen LogP contribution >= 0.6 is 24.0 Å². The van der Waals surface area contributed by atoms with Gasteiger partial charge in [-0.25, -0.2) is 9.98 Å². The number of halogens is 1. The van der Waals surface area contributed by atoms with E-state index < -0.39 is 0 Å². The molecule has 0 bridgehead atoms. The monoisotopic (exact) mass is 504 g/mol. The Labute approximate surface area is 185 Å². The Hall–Kier alpha value is -1.17. The van der Waals surface area contributed by atoms with Crippen LogP contribution in [0.5, 0.6) is 0 Å². The lowest BCUT2D eigenvalue weighted by molar-refractivity contribution is 0.0389. The maximum absolute atomic E-state index is 5.46. The average molecular weight is 504 g/mol. The number of aromatic nitrogens is 1. The third-order valence-corrected chi connectivity index (χ3v) is 4.75. The van der Waals surface area contributed by atoms with Crippen LogP contribution in [0.3, 0.4) is 0 Å². The van der Waals surface area contributed by atoms with Crippen LogP contribution in [0.2, 0.25) is 0 Å². The van der Waals surface area contributed by atoms with Gasteiger partial charge < -0.3 is 25.0 Å². The molecule has 3 heterocycles. The van der Waals surface area contributed by atoms with Crippen molar-refractivity contribution in [3.63, 3.8) is 0 Å². The van der Waals surface area contributed by atoms with Crippen LogP contribution in [-0.4, -0.2) is 88.1 Å². The van der Waals surface area contributed by atoms with Gasteiger partial charge in [-0.15, -0.1) is 24.0 Å². The molecule has 2 saturated heterocycles. The summed E-state index contributed by atoms with van der Waals surface area (Å²) in [5.41, 5.74) is 1.14. The number of nitrogens with one attached hydrogen (secondary N) is 2. The largest absolute Gasteiger partial charge is 0.379 e. The summed E-state index contributed by atoms with van der Waals surface area (Å²) in [5, 5.41) is 6.77. The van der Waals surface area contributed by atoms with Crippen LogP contribution in [-0.2, 0) is 16.0 Å². The van der Waals surface area contributed by atoms with E-state index in [4.69, 9.17) is 14.5 Å². The lowest BCUT2D eigenvalue weighted by atomic mass is 10.2. The quantitative estimate of drug-likeness (QED) is 0.325. The highest BCUT2D eigenvalue weighted by Crippen LogP contribution is 2.19. The molecule has 0 atom stereocenters. The van der Waals surface area contributed by atoms with Gasteiger partial charge in [-0.2, -0.15) is 0 Å². The molecule has 9 heteroatoms. The Balaban J connectivity index is 0.00000280. The second kappa shape index (κ2) is 13.1. The molecule has 0 aliphatic carbocycles. The van der Waals surface area contributed by atoms with Crippen molar-refractivity contribution < 1.29 is 9.47 Å². The van der Waals surface area contributed by atoms with E-state index in [1.807, 2.05) is 12.3 Å². The number of morpholine rings is 2. The van der Waals surface area contributed by atoms with Gasteiger partial charge in [-0.05, 0) is 13.0 Å². The third-order valence-electron chi connectivity index (χ3n) is 4.75. The zero-order chi connectivity index (χ0) is 18.7. The fourth-order valence-corrected chi connectivity index (χ4v) is 3.28. The van der Waals surface area contributed by atoms with E-state index in [1.165, 1.54) is 0 Å². The second-order valence-electron chi connectivity index (χ2n) is 6.66. The second-order valence-corrected chi connectivity index (χ2v) is 6.66. The number of pyridine rings is 1. The fraction of sp³-hybridized carbons (Fsp3) is 0.684. The van der Waals surface area contributed by atoms with E-state index >= 15 is 0 Å². The predicted octanol–water partition coefficient (Wildman–Crippen LogP) is 0.924. The molecule has 158 valence electrons. The Kier molecular flexibility index (Phi) is 10.8. The minimum Gasteiger partial charge on any atom is -0.379 e. The summed E-state index contributed by atoms with van der Waals surface area (Å²) in [5.74, 6) is 1.87. The number of aliphatic imine (C=N–C) groups is 1. The van der Waals surface area contributed by atoms with Crippen LogP contribution in [0.15, 0.2) is 23.3 Å². The molecule has 0 aromatic carbocycles. The summed E-state index contributed by atoms with van der Waals surface area (Å²) >= 11 is 0. The van der Waals surface area contributed by atoms with Gasteiger partial charge in [-0.3, -0.25) is 4.90 Å². The van der Waals surface area contributed by atoms with Crippen LogP contribution in [0.25, 0.3) is 0 Å². The molecule has 0 amide bonds. The van der Waals surface area contributed by atoms with Crippen LogP contribution in [0.4, 0.5) is 5.82 Å². The number of rotatable bonds is 7. The van der Waals surface area contributed by atoms with Crippen LogP contribution in [0.1, 0.15) is 12.5 Å². The van der Waals surface area contributed by atoms with Gasteiger partial charge in [0.15, 0.2) is 5.96 Å². The van der Waals surface area contributed by atoms with Crippen molar-refractivity contribution in [2.24, 2.45) is 4.99 Å². The first-order chi connectivity index (χ1) is 13.4. The SMILES string of the molecule is CCNC(=NCc1cccnc1N1CCOCC1)NCCN1CCOCC1.I. The number of nitrogens with zero attached hydrogens (tertiary/aromatic N) is 4. The number of anilines is 1. The molecule has 2 N–H and O–H groups in total. The molecule has 0 radical (unpaired) electrons. The van der Waals surface area contributed by atoms with Crippen molar-refractivity contribution >= 4 is 35.8 Å². The van der Waals surface area contributed by atoms with Gasteiger partial charge in [0.05, 0.1) is 33.0 Å². The van der Waals surface area contributed by atoms with Crippen molar-refractivity contribution in [3.05, 3.63) is 23.9 Å². The smallest absolute Gasteiger partial charge is 0.191 e. The van der Waals surface area contributed by atoms with Crippen LogP contribution in [0, 0.1) is 0 Å². The molecule has 1 aromatic heterocycles. The van der Waals surface area contributed by atoms with Crippen molar-refractivity contribution in [2.45, 2.75) is 13.5 Å². The van der Waals surface area contributed by atoms with E-state index in [1.54, 1.807) is 0 Å². The standard InChI is InChI=1S/C19H32N6O2.HI/c1-2-20-19(22-6-7-24-8-12-26-13-9-24)23-16-17-4-3-5-21-18(17)25-10-14-27-15-11-25;/h3-5H,2,6-16H2,1H3,(H2,20,22,23);1H. The average Bonchev–Trinajstić information content (AvgIpc) is 2.74. The topological polar surface area (TPSA) is 74.2 Å². The maximum Gasteiger partial charge on any atom is 0.191 e. The van der Waals surface area contributed by atoms with Crippen molar-refractivity contribution in [3.8, 4) is 0 Å². The first-order valence-electron chi connectivity index (χ1n) is 9.95. The molecule has 2 aliphatic heterocycles. The predicted molar refractivity (Wildman–Crippen MR) is 123 cm³/mol. The third kappa shape index (κ3) is 7.34. The minimum absolute atomic E-state index is 0. The minimum atomic E-state index is 0. The lowest BCUT2D eigenvalue weighted by Gasteiger charge is -2.29. The highest BCUT2D eigenvalue weighted by Gasteiger charge is 2.15. The molecular weight excluding hydrogens is 471 g/mol. The Morgan fingerprint density at radius 2 is 1.82 bits per heavy atom. The number of hydrogen-bond acceptors (Lipinski definition) is 6. The van der Waals surface area contributed by atoms with Crippen LogP contribution < -0.4 is 15.5 Å². The fourth-order valence-electron chi connectivity index (χ4n) is 3.28. The van der Waals surface area contributed by atoms with Gasteiger partial charge in [0.25, 0.3) is 0 Å². The molecule has 28 heavy (non-hydrogen) atoms. The first kappa shape index (κ1) is 23.1. The van der Waals surface area contributed by atoms with Crippen molar-refractivity contribution in [1.29, 1.82) is 0 Å². The molecule has 0 saturated carbocycles. The molecule has 2 aliphatic rings. The molecule has 1 aromatic rings. The highest BCUT2D eigenvalue weighted by atomic mass is 127. The molecule has 2 fully saturated rings. The van der Waals surface area contributed by atoms with Crippen molar-refractivity contribution in [1.82, 2.24) is 20.5 Å². The van der Waals surface area contributed by atoms with E-state index in [9.17, 15) is 0 Å². The van der Waals surface area contributed by atoms with Gasteiger partial charge in [0, 0.05) is 57.6 Å². The summed E-state index contributed by atoms with van der Waals surface area (Å²) in [4.78, 5) is 14.1. The van der Waals surface area contributed by atoms with E-state index in [0.717, 1.165) is 89.6 Å². The maximum atomic E-state index is 5.46. The van der Waals surface area contributed by atoms with Crippen molar-refractivity contribution in [2.75, 3.05) is 77.1 Å². The zero-order valence-corrected chi connectivity index (χ0v) is 19.1. The normalized spacial score (nSPS) is 18.5. The Morgan fingerprint density at radius 3 is 2.54 bits per heavy atom. The Bertz CT molecular complexity index is 592. The summed E-state index contributed by atoms with van der Waals surface area (Å²) in [6.07, 6.45) is 1.85. The molecule has 0 spiro atoms. The summed E-state index contributed by atoms with van der Waals surface area (Å²) < 4.78 is 10.9. The number of ether oxygens (including phenoxy) is 2. The molecule has 0 unspecified atom stereocenters. The summed E-state index contributed by atoms with van der Waals surface area (Å²) in [7, 11) is 0. The van der Waals surface area contributed by atoms with Gasteiger partial charge in [-0.1, -0.05) is 6.07 Å². The van der Waals surface area contributed by atoms with Gasteiger partial charge >= 0.3 is 0 Å². The van der Waals surface area contributed by atoms with Gasteiger partial charge in [0.2, 0.25) is 0 Å². The number of hydrogen-bond donors (Lipinski definition) is 2. The van der Waals surface area contributed by atoms with E-state index in [0.29, 0.717) is 6.54 Å². The zero-order valence-electron chi connectivity index (χ0n) is 16.7. The molecule has 8 nitrogen and oxygen atoms in total. The Morgan fingerprint density at radius 1 is 1.11 bits per heavy atom. The molecule has 3 rings (SSSR count). The highest BCUT2D eigenvalue weighted by molar-refractivity contribution is 14.0. The number of guanidine groups is 1. The summed E-state index contributed by atoms with van der Waals surface area (Å²) in [6, 6.07) is 4.09. The first-order valence-corrected chi connectivity index (χ1v) is 9.95. The summed E-state index contributed by atoms with van der Waals surface area (Å²) in [6.45, 7) is 12.4. The van der Waals surface area contributed by atoms with E-state index in [2.05, 4.69) is 38.4 Å². The van der Waals surface area contributed by atoms with E-state index in [-0.39, 0.29) is 24.0 Å².